The van der Waals surface area contributed by atoms with E-state index in [9.17, 15) is 18.9 Å². The van der Waals surface area contributed by atoms with E-state index in [0.29, 0.717) is 0 Å². The van der Waals surface area contributed by atoms with Gasteiger partial charge in [-0.05, 0) is 0 Å². The molecule has 0 radical (unpaired) electrons. The van der Waals surface area contributed by atoms with E-state index in [1.165, 1.54) is 6.38 Å². The zero-order chi connectivity index (χ0) is 7.86. The first-order valence-electron chi connectivity index (χ1n) is 1.60. The molecule has 0 N–H and O–H groups in total. The number of alkyl halides is 1. The van der Waals surface area contributed by atoms with Crippen molar-refractivity contribution in [3.8, 4) is 0 Å². The molecule has 58 valence electrons. The quantitative estimate of drug-likeness (QED) is 0.283. The van der Waals surface area contributed by atoms with Crippen LogP contribution in [-0.4, -0.2) is 6.38 Å². The monoisotopic (exact) mass is 272 g/mol. The largest absolute Gasteiger partial charge is 1.00 e. The minimum absolute atomic E-state index is 0. The molecule has 0 rings (SSSR count). The maximum atomic E-state index is 9.29. The van der Waals surface area contributed by atoms with Crippen molar-refractivity contribution < 1.29 is 126 Å². The third-order valence-corrected chi connectivity index (χ3v) is 1.50. The second-order valence-corrected chi connectivity index (χ2v) is 2.42. The molecule has 0 saturated carbocycles. The SMILES string of the molecule is CCl.O=[PH]([O-])O[PH](=O)[O-].[K+].[K+]. The van der Waals surface area contributed by atoms with E-state index >= 15 is 0 Å². The van der Waals surface area contributed by atoms with Crippen molar-refractivity contribution in [3.05, 3.63) is 0 Å². The summed E-state index contributed by atoms with van der Waals surface area (Å²) in [7, 11) is -7.03. The second-order valence-electron chi connectivity index (χ2n) is 0.602. The summed E-state index contributed by atoms with van der Waals surface area (Å²) in [4.78, 5) is 18.6. The summed E-state index contributed by atoms with van der Waals surface area (Å²) in [5, 5.41) is 0. The molecule has 11 heavy (non-hydrogen) atoms. The first kappa shape index (κ1) is 24.2. The maximum Gasteiger partial charge on any atom is 1.00 e. The summed E-state index contributed by atoms with van der Waals surface area (Å²) < 4.78 is 21.8. The Morgan fingerprint density at radius 1 is 1.09 bits per heavy atom. The normalized spacial score (nSPS) is 12.4. The summed E-state index contributed by atoms with van der Waals surface area (Å²) in [6.07, 6.45) is 1.47. The minimum Gasteiger partial charge on any atom is -0.781 e. The van der Waals surface area contributed by atoms with Crippen LogP contribution in [0.15, 0.2) is 0 Å². The molecule has 2 atom stereocenters. The third-order valence-electron chi connectivity index (χ3n) is 0.167. The Kier molecular flexibility index (Phi) is 42.9. The molecule has 0 aliphatic carbocycles. The molecule has 10 heteroatoms. The molecule has 0 aliphatic heterocycles. The van der Waals surface area contributed by atoms with Crippen LogP contribution >= 0.6 is 28.1 Å². The van der Waals surface area contributed by atoms with Crippen LogP contribution in [0.25, 0.3) is 0 Å². The molecule has 0 amide bonds. The minimum atomic E-state index is -3.51. The van der Waals surface area contributed by atoms with Crippen LogP contribution in [0.2, 0.25) is 0 Å². The summed E-state index contributed by atoms with van der Waals surface area (Å²) in [5.74, 6) is 0. The molecule has 0 aromatic rings. The van der Waals surface area contributed by atoms with Gasteiger partial charge >= 0.3 is 103 Å². The van der Waals surface area contributed by atoms with Crippen LogP contribution in [-0.2, 0) is 13.4 Å². The Hall–Kier alpha value is 3.90. The molecule has 0 heterocycles. The summed E-state index contributed by atoms with van der Waals surface area (Å²) in [5.41, 5.74) is 0. The van der Waals surface area contributed by atoms with Gasteiger partial charge in [0.25, 0.3) is 0 Å². The Morgan fingerprint density at radius 3 is 1.27 bits per heavy atom. The van der Waals surface area contributed by atoms with Gasteiger partial charge in [0.05, 0.1) is 0 Å². The van der Waals surface area contributed by atoms with E-state index < -0.39 is 16.5 Å². The van der Waals surface area contributed by atoms with Crippen molar-refractivity contribution in [2.24, 2.45) is 0 Å². The number of hydrogen-bond acceptors (Lipinski definition) is 5. The average molecular weight is 273 g/mol. The van der Waals surface area contributed by atoms with E-state index in [2.05, 4.69) is 15.9 Å². The first-order chi connectivity index (χ1) is 4.13. The molecular weight excluding hydrogens is 268 g/mol. The van der Waals surface area contributed by atoms with E-state index in [-0.39, 0.29) is 103 Å². The predicted octanol–water partition coefficient (Wildman–Crippen LogP) is -6.63. The van der Waals surface area contributed by atoms with Gasteiger partial charge in [0.1, 0.15) is 16.5 Å². The van der Waals surface area contributed by atoms with E-state index in [1.807, 2.05) is 0 Å². The third kappa shape index (κ3) is 31.5. The van der Waals surface area contributed by atoms with Crippen LogP contribution in [0.5, 0.6) is 0 Å². The van der Waals surface area contributed by atoms with E-state index in [1.54, 1.807) is 0 Å². The maximum absolute atomic E-state index is 9.29. The second kappa shape index (κ2) is 19.5. The Labute approximate surface area is 156 Å². The fraction of sp³-hybridized carbons (Fsp3) is 1.00. The van der Waals surface area contributed by atoms with Gasteiger partial charge in [0.15, 0.2) is 0 Å². The number of hydrogen-bond donors (Lipinski definition) is 0. The van der Waals surface area contributed by atoms with Gasteiger partial charge in [0, 0.05) is 6.38 Å². The zero-order valence-corrected chi connectivity index (χ0v) is 15.4. The van der Waals surface area contributed by atoms with Gasteiger partial charge in [-0.2, -0.15) is 0 Å². The molecule has 5 nitrogen and oxygen atoms in total. The first-order valence-corrected chi connectivity index (χ1v) is 4.81. The smallest absolute Gasteiger partial charge is 0.781 e. The van der Waals surface area contributed by atoms with Gasteiger partial charge in [-0.1, -0.05) is 0 Å². The molecule has 0 fully saturated rings. The Bertz CT molecular complexity index is 98.7. The van der Waals surface area contributed by atoms with Crippen LogP contribution in [0.3, 0.4) is 0 Å². The van der Waals surface area contributed by atoms with Crippen molar-refractivity contribution in [1.82, 2.24) is 0 Å². The topological polar surface area (TPSA) is 89.5 Å². The van der Waals surface area contributed by atoms with Gasteiger partial charge in [-0.3, -0.25) is 4.31 Å². The van der Waals surface area contributed by atoms with E-state index in [0.717, 1.165) is 0 Å². The van der Waals surface area contributed by atoms with Gasteiger partial charge in [0.2, 0.25) is 0 Å². The molecule has 0 spiro atoms. The molecule has 0 bridgehead atoms. The summed E-state index contributed by atoms with van der Waals surface area (Å²) in [6, 6.07) is 0. The number of halogens is 1. The fourth-order valence-electron chi connectivity index (χ4n) is 0.0680. The van der Waals surface area contributed by atoms with E-state index in [4.69, 9.17) is 0 Å². The molecular formula is CH5ClK2O5P2. The molecule has 2 unspecified atom stereocenters. The van der Waals surface area contributed by atoms with Crippen LogP contribution < -0.4 is 113 Å². The fourth-order valence-corrected chi connectivity index (χ4v) is 0.612. The number of rotatable bonds is 2. The van der Waals surface area contributed by atoms with Gasteiger partial charge < -0.3 is 18.9 Å². The Morgan fingerprint density at radius 2 is 1.27 bits per heavy atom. The summed E-state index contributed by atoms with van der Waals surface area (Å²) in [6.45, 7) is 0. The van der Waals surface area contributed by atoms with Crippen molar-refractivity contribution in [2.45, 2.75) is 0 Å². The van der Waals surface area contributed by atoms with Crippen LogP contribution in [0, 0.1) is 0 Å². The Balaban J connectivity index is -0.0000000564. The summed E-state index contributed by atoms with van der Waals surface area (Å²) >= 11 is 4.64. The van der Waals surface area contributed by atoms with Crippen molar-refractivity contribution in [1.29, 1.82) is 0 Å². The van der Waals surface area contributed by atoms with Gasteiger partial charge in [-0.25, -0.2) is 0 Å². The zero-order valence-electron chi connectivity index (χ0n) is 6.42. The van der Waals surface area contributed by atoms with Crippen molar-refractivity contribution in [3.63, 3.8) is 0 Å². The van der Waals surface area contributed by atoms with Crippen LogP contribution in [0.4, 0.5) is 0 Å². The molecule has 0 saturated heterocycles. The molecule has 0 aromatic heterocycles. The van der Waals surface area contributed by atoms with Crippen molar-refractivity contribution >= 4 is 28.1 Å². The average Bonchev–Trinajstić information content (AvgIpc) is 1.68. The van der Waals surface area contributed by atoms with Crippen molar-refractivity contribution in [2.75, 3.05) is 6.38 Å². The van der Waals surface area contributed by atoms with Gasteiger partial charge in [-0.15, -0.1) is 11.6 Å². The standard InChI is InChI=1S/CH3Cl.2K.H4O5P2/c1-2;;;1-6(2)5-7(3)4/h1H3;;;6-7H,(H,1,2)(H,3,4)/q;2*+1;/p-2. The predicted molar refractivity (Wildman–Crippen MR) is 30.9 cm³/mol. The molecule has 0 aliphatic rings. The molecule has 0 aromatic carbocycles. The van der Waals surface area contributed by atoms with Crippen LogP contribution in [0.1, 0.15) is 0 Å².